The van der Waals surface area contributed by atoms with Gasteiger partial charge in [-0.3, -0.25) is 4.79 Å². The number of aromatic nitrogens is 1. The zero-order chi connectivity index (χ0) is 20.1. The van der Waals surface area contributed by atoms with E-state index < -0.39 is 0 Å². The van der Waals surface area contributed by atoms with Gasteiger partial charge in [-0.15, -0.1) is 0 Å². The van der Waals surface area contributed by atoms with Crippen LogP contribution >= 0.6 is 0 Å². The molecule has 0 spiro atoms. The van der Waals surface area contributed by atoms with Crippen molar-refractivity contribution >= 4 is 17.8 Å². The van der Waals surface area contributed by atoms with E-state index in [0.717, 1.165) is 11.4 Å². The Morgan fingerprint density at radius 3 is 2.62 bits per heavy atom. The minimum Gasteiger partial charge on any atom is -0.454 e. The summed E-state index contributed by atoms with van der Waals surface area (Å²) in [7, 11) is 0. The third-order valence-electron chi connectivity index (χ3n) is 4.87. The van der Waals surface area contributed by atoms with E-state index in [1.165, 1.54) is 0 Å². The molecule has 1 aromatic carbocycles. The monoisotopic (exact) mass is 397 g/mol. The van der Waals surface area contributed by atoms with Crippen molar-refractivity contribution in [2.24, 2.45) is 0 Å². The molecule has 3 amide bonds. The van der Waals surface area contributed by atoms with Crippen LogP contribution in [0.4, 0.5) is 10.6 Å². The van der Waals surface area contributed by atoms with Crippen molar-refractivity contribution in [2.45, 2.75) is 6.54 Å². The van der Waals surface area contributed by atoms with Gasteiger partial charge in [0.05, 0.1) is 6.54 Å². The minimum atomic E-state index is -0.247. The molecule has 2 aliphatic rings. The third-order valence-corrected chi connectivity index (χ3v) is 4.87. The molecule has 2 N–H and O–H groups in total. The van der Waals surface area contributed by atoms with Crippen LogP contribution in [0.5, 0.6) is 11.5 Å². The van der Waals surface area contributed by atoms with Crippen LogP contribution in [0.15, 0.2) is 42.6 Å². The summed E-state index contributed by atoms with van der Waals surface area (Å²) in [5, 5.41) is 5.47. The maximum absolute atomic E-state index is 12.3. The Kier molecular flexibility index (Phi) is 5.64. The Bertz CT molecular complexity index is 868. The van der Waals surface area contributed by atoms with Gasteiger partial charge in [0.15, 0.2) is 11.5 Å². The van der Waals surface area contributed by atoms with Crippen LogP contribution < -0.4 is 25.0 Å². The first kappa shape index (κ1) is 18.9. The van der Waals surface area contributed by atoms with Crippen LogP contribution in [0, 0.1) is 0 Å². The fraction of sp³-hybridized carbons (Fsp3) is 0.350. The van der Waals surface area contributed by atoms with Crippen LogP contribution in [-0.2, 0) is 11.3 Å². The predicted molar refractivity (Wildman–Crippen MR) is 106 cm³/mol. The number of piperazine rings is 1. The number of anilines is 1. The summed E-state index contributed by atoms with van der Waals surface area (Å²) in [6.45, 7) is 3.09. The number of nitrogens with one attached hydrogen (secondary N) is 2. The summed E-state index contributed by atoms with van der Waals surface area (Å²) in [6, 6.07) is 11.1. The molecule has 1 aromatic heterocycles. The van der Waals surface area contributed by atoms with Gasteiger partial charge < -0.3 is 29.9 Å². The second-order valence-electron chi connectivity index (χ2n) is 6.79. The first-order valence-electron chi connectivity index (χ1n) is 9.53. The van der Waals surface area contributed by atoms with E-state index in [1.807, 2.05) is 36.4 Å². The Morgan fingerprint density at radius 1 is 1.00 bits per heavy atom. The summed E-state index contributed by atoms with van der Waals surface area (Å²) < 4.78 is 10.6. The van der Waals surface area contributed by atoms with Crippen molar-refractivity contribution in [3.8, 4) is 11.5 Å². The van der Waals surface area contributed by atoms with Gasteiger partial charge in [0.2, 0.25) is 12.7 Å². The number of carbonyl (C=O) groups excluding carboxylic acids is 2. The largest absolute Gasteiger partial charge is 0.454 e. The molecule has 9 nitrogen and oxygen atoms in total. The summed E-state index contributed by atoms with van der Waals surface area (Å²) in [5.41, 5.74) is 0.902. The Labute approximate surface area is 168 Å². The topological polar surface area (TPSA) is 96.0 Å². The lowest BCUT2D eigenvalue weighted by Crippen LogP contribution is -2.53. The molecule has 9 heteroatoms. The van der Waals surface area contributed by atoms with Crippen molar-refractivity contribution in [1.29, 1.82) is 0 Å². The minimum absolute atomic E-state index is 0.0656. The molecule has 0 radical (unpaired) electrons. The van der Waals surface area contributed by atoms with Crippen LogP contribution in [-0.4, -0.2) is 61.3 Å². The maximum atomic E-state index is 12.3. The number of amides is 3. The smallest absolute Gasteiger partial charge is 0.317 e. The van der Waals surface area contributed by atoms with Crippen LogP contribution in [0.2, 0.25) is 0 Å². The van der Waals surface area contributed by atoms with Crippen molar-refractivity contribution in [3.63, 3.8) is 0 Å². The maximum Gasteiger partial charge on any atom is 0.317 e. The summed E-state index contributed by atoms with van der Waals surface area (Å²) in [6.07, 6.45) is 1.76. The first-order valence-corrected chi connectivity index (χ1v) is 9.53. The average molecular weight is 397 g/mol. The Hall–Kier alpha value is -3.49. The van der Waals surface area contributed by atoms with Gasteiger partial charge in [0.1, 0.15) is 5.82 Å². The predicted octanol–water partition coefficient (Wildman–Crippen LogP) is 0.958. The molecular formula is C20H23N5O4. The van der Waals surface area contributed by atoms with Gasteiger partial charge in [-0.25, -0.2) is 9.78 Å². The fourth-order valence-electron chi connectivity index (χ4n) is 3.26. The molecule has 1 saturated heterocycles. The highest BCUT2D eigenvalue weighted by atomic mass is 16.7. The lowest BCUT2D eigenvalue weighted by atomic mass is 10.2. The molecule has 0 unspecified atom stereocenters. The van der Waals surface area contributed by atoms with Crippen LogP contribution in [0.1, 0.15) is 5.56 Å². The van der Waals surface area contributed by atoms with Gasteiger partial charge in [-0.05, 0) is 29.8 Å². The number of hydrogen-bond donors (Lipinski definition) is 2. The van der Waals surface area contributed by atoms with Crippen molar-refractivity contribution in [2.75, 3.05) is 44.4 Å². The zero-order valence-electron chi connectivity index (χ0n) is 16.0. The quantitative estimate of drug-likeness (QED) is 0.780. The van der Waals surface area contributed by atoms with E-state index in [4.69, 9.17) is 9.47 Å². The normalized spacial score (nSPS) is 15.2. The molecule has 1 fully saturated rings. The number of pyridine rings is 1. The van der Waals surface area contributed by atoms with Gasteiger partial charge in [0, 0.05) is 38.9 Å². The van der Waals surface area contributed by atoms with Crippen LogP contribution in [0.25, 0.3) is 0 Å². The molecule has 0 saturated carbocycles. The van der Waals surface area contributed by atoms with E-state index in [1.54, 1.807) is 11.1 Å². The molecule has 152 valence electrons. The molecule has 0 aliphatic carbocycles. The Morgan fingerprint density at radius 2 is 1.83 bits per heavy atom. The number of hydrogen-bond acceptors (Lipinski definition) is 6. The lowest BCUT2D eigenvalue weighted by Gasteiger charge is -2.35. The van der Waals surface area contributed by atoms with E-state index >= 15 is 0 Å². The third kappa shape index (κ3) is 4.68. The second kappa shape index (κ2) is 8.68. The zero-order valence-corrected chi connectivity index (χ0v) is 16.0. The van der Waals surface area contributed by atoms with Gasteiger partial charge in [-0.1, -0.05) is 12.1 Å². The molecule has 2 aromatic rings. The number of rotatable bonds is 5. The number of ether oxygens (including phenoxy) is 2. The number of urea groups is 1. The highest BCUT2D eigenvalue weighted by Gasteiger charge is 2.22. The molecule has 2 aliphatic heterocycles. The van der Waals surface area contributed by atoms with Crippen LogP contribution in [0.3, 0.4) is 0 Å². The molecule has 29 heavy (non-hydrogen) atoms. The average Bonchev–Trinajstić information content (AvgIpc) is 3.24. The molecule has 3 heterocycles. The van der Waals surface area contributed by atoms with Gasteiger partial charge in [0.25, 0.3) is 0 Å². The summed E-state index contributed by atoms with van der Waals surface area (Å²) >= 11 is 0. The fourth-order valence-corrected chi connectivity index (χ4v) is 3.26. The number of fused-ring (bicyclic) bond motifs is 1. The van der Waals surface area contributed by atoms with E-state index in [0.29, 0.717) is 44.2 Å². The SMILES string of the molecule is O=C(CNC(=O)N1CCN(c2ccccn2)CC1)NCc1ccc2c(c1)OCO2. The highest BCUT2D eigenvalue weighted by molar-refractivity contribution is 5.84. The van der Waals surface area contributed by atoms with Gasteiger partial charge in [-0.2, -0.15) is 0 Å². The van der Waals surface area contributed by atoms with E-state index in [9.17, 15) is 9.59 Å². The summed E-state index contributed by atoms with van der Waals surface area (Å²) in [5.74, 6) is 2.05. The Balaban J connectivity index is 1.17. The van der Waals surface area contributed by atoms with Gasteiger partial charge >= 0.3 is 6.03 Å². The molecule has 4 rings (SSSR count). The number of benzene rings is 1. The molecule has 0 bridgehead atoms. The van der Waals surface area contributed by atoms with Crippen molar-refractivity contribution in [3.05, 3.63) is 48.2 Å². The van der Waals surface area contributed by atoms with Crippen molar-refractivity contribution in [1.82, 2.24) is 20.5 Å². The lowest BCUT2D eigenvalue weighted by molar-refractivity contribution is -0.120. The number of nitrogens with zero attached hydrogens (tertiary/aromatic N) is 3. The van der Waals surface area contributed by atoms with E-state index in [-0.39, 0.29) is 25.3 Å². The first-order chi connectivity index (χ1) is 14.2. The molecule has 0 atom stereocenters. The number of carbonyl (C=O) groups is 2. The second-order valence-corrected chi connectivity index (χ2v) is 6.79. The standard InChI is InChI=1S/C20H23N5O4/c26-19(22-12-15-4-5-16-17(11-15)29-14-28-16)13-23-20(27)25-9-7-24(8-10-25)18-3-1-2-6-21-18/h1-6,11H,7-10,12-14H2,(H,22,26)(H,23,27). The van der Waals surface area contributed by atoms with E-state index in [2.05, 4.69) is 20.5 Å². The summed E-state index contributed by atoms with van der Waals surface area (Å²) in [4.78, 5) is 32.6. The molecular weight excluding hydrogens is 374 g/mol. The van der Waals surface area contributed by atoms with Crippen molar-refractivity contribution < 1.29 is 19.1 Å². The highest BCUT2D eigenvalue weighted by Crippen LogP contribution is 2.32.